The van der Waals surface area contributed by atoms with Crippen LogP contribution in [-0.2, 0) is 42.6 Å². The third-order valence-corrected chi connectivity index (χ3v) is 11.0. The standard InChI is InChI=1S/C41H73N3O19/c1-17-13-20(44-38(54)63-41(10,11)12)26(48)32(30(17)58-33-18(2)24(46)27(49)21(55-33)14-42-36(52)61-39(4,5)6)60-35-29(51)31(23(16-45)57-35)59-34-19(3)25(47)28(50)22(56-34)15-43-37(53)62-40(7,8)9/h17-35,45-51H,13-16H2,1-12H3,(H,42,52)(H,43,53)(H,44,54)/t17?,18?,19-,20-,21?,22?,23-,24-,25?,26?,27-,28-,29+,30-,31?,32-,33-,34?,35+/m1/s1. The summed E-state index contributed by atoms with van der Waals surface area (Å²) in [6.07, 6.45) is -22.9. The van der Waals surface area contributed by atoms with E-state index in [9.17, 15) is 50.1 Å². The third-order valence-electron chi connectivity index (χ3n) is 11.0. The predicted molar refractivity (Wildman–Crippen MR) is 217 cm³/mol. The summed E-state index contributed by atoms with van der Waals surface area (Å²) in [5.41, 5.74) is -2.48. The number of carbonyl (C=O) groups excluding carboxylic acids is 3. The molecule has 22 nitrogen and oxygen atoms in total. The maximum atomic E-state index is 12.9. The van der Waals surface area contributed by atoms with E-state index in [0.29, 0.717) is 0 Å². The molecule has 366 valence electrons. The van der Waals surface area contributed by atoms with Crippen LogP contribution >= 0.6 is 0 Å². The van der Waals surface area contributed by atoms with E-state index in [2.05, 4.69) is 16.0 Å². The largest absolute Gasteiger partial charge is 0.444 e. The molecule has 10 N–H and O–H groups in total. The van der Waals surface area contributed by atoms with Gasteiger partial charge in [-0.15, -0.1) is 0 Å². The molecule has 0 bridgehead atoms. The molecule has 0 aromatic rings. The lowest BCUT2D eigenvalue weighted by Crippen LogP contribution is -2.64. The third kappa shape index (κ3) is 14.4. The van der Waals surface area contributed by atoms with Gasteiger partial charge in [0.25, 0.3) is 0 Å². The smallest absolute Gasteiger partial charge is 0.407 e. The monoisotopic (exact) mass is 911 g/mol. The molecule has 3 saturated heterocycles. The van der Waals surface area contributed by atoms with Crippen molar-refractivity contribution in [2.45, 2.75) is 204 Å². The van der Waals surface area contributed by atoms with Gasteiger partial charge in [0.05, 0.1) is 31.0 Å². The molecular weight excluding hydrogens is 838 g/mol. The van der Waals surface area contributed by atoms with Gasteiger partial charge in [0.15, 0.2) is 18.9 Å². The minimum atomic E-state index is -1.69. The summed E-state index contributed by atoms with van der Waals surface area (Å²) in [4.78, 5) is 37.7. The number of aliphatic hydroxyl groups excluding tert-OH is 7. The molecule has 22 heteroatoms. The lowest BCUT2D eigenvalue weighted by molar-refractivity contribution is -0.322. The van der Waals surface area contributed by atoms with Crippen molar-refractivity contribution in [1.29, 1.82) is 0 Å². The van der Waals surface area contributed by atoms with Crippen molar-refractivity contribution in [3.63, 3.8) is 0 Å². The highest BCUT2D eigenvalue weighted by Crippen LogP contribution is 2.38. The summed E-state index contributed by atoms with van der Waals surface area (Å²) in [6, 6.07) is -0.988. The van der Waals surface area contributed by atoms with E-state index in [1.165, 1.54) is 6.92 Å². The Kier molecular flexibility index (Phi) is 17.9. The molecule has 4 aliphatic rings. The van der Waals surface area contributed by atoms with Gasteiger partial charge in [-0.3, -0.25) is 0 Å². The number of nitrogens with one attached hydrogen (secondary N) is 3. The number of hydrogen-bond donors (Lipinski definition) is 10. The van der Waals surface area contributed by atoms with E-state index < -0.39 is 158 Å². The number of rotatable bonds is 12. The second-order valence-corrected chi connectivity index (χ2v) is 20.0. The van der Waals surface area contributed by atoms with E-state index >= 15 is 0 Å². The van der Waals surface area contributed by atoms with Crippen molar-refractivity contribution in [3.05, 3.63) is 0 Å². The Morgan fingerprint density at radius 3 is 1.35 bits per heavy atom. The zero-order chi connectivity index (χ0) is 47.5. The van der Waals surface area contributed by atoms with Crippen molar-refractivity contribution in [1.82, 2.24) is 16.0 Å². The minimum absolute atomic E-state index is 0.120. The first kappa shape index (κ1) is 52.9. The second kappa shape index (κ2) is 21.3. The number of alkyl carbamates (subject to hydrolysis) is 3. The highest BCUT2D eigenvalue weighted by atomic mass is 16.8. The molecule has 0 spiro atoms. The van der Waals surface area contributed by atoms with Crippen molar-refractivity contribution in [3.8, 4) is 0 Å². The maximum absolute atomic E-state index is 12.9. The van der Waals surface area contributed by atoms with Crippen LogP contribution < -0.4 is 16.0 Å². The van der Waals surface area contributed by atoms with E-state index in [0.717, 1.165) is 0 Å². The Morgan fingerprint density at radius 1 is 0.524 bits per heavy atom. The quantitative estimate of drug-likeness (QED) is 0.113. The van der Waals surface area contributed by atoms with Gasteiger partial charge in [-0.25, -0.2) is 14.4 Å². The lowest BCUT2D eigenvalue weighted by atomic mass is 9.80. The normalized spacial score (nSPS) is 40.1. The molecule has 0 aromatic heterocycles. The first-order valence-corrected chi connectivity index (χ1v) is 21.6. The lowest BCUT2D eigenvalue weighted by Gasteiger charge is -2.48. The average molecular weight is 912 g/mol. The van der Waals surface area contributed by atoms with Crippen LogP contribution in [0.5, 0.6) is 0 Å². The van der Waals surface area contributed by atoms with Gasteiger partial charge in [0.1, 0.15) is 71.7 Å². The molecule has 0 aromatic carbocycles. The topological polar surface area (TPSA) is 312 Å². The summed E-state index contributed by atoms with van der Waals surface area (Å²) >= 11 is 0. The summed E-state index contributed by atoms with van der Waals surface area (Å²) in [7, 11) is 0. The van der Waals surface area contributed by atoms with Gasteiger partial charge >= 0.3 is 18.3 Å². The summed E-state index contributed by atoms with van der Waals surface area (Å²) in [5.74, 6) is -2.30. The highest BCUT2D eigenvalue weighted by Gasteiger charge is 2.55. The molecule has 19 atom stereocenters. The molecule has 1 aliphatic carbocycles. The molecule has 8 unspecified atom stereocenters. The number of hydrogen-bond acceptors (Lipinski definition) is 19. The average Bonchev–Trinajstić information content (AvgIpc) is 3.44. The number of amides is 3. The van der Waals surface area contributed by atoms with Crippen LogP contribution in [-0.4, -0.2) is 189 Å². The van der Waals surface area contributed by atoms with Crippen LogP contribution in [0.15, 0.2) is 0 Å². The molecule has 4 fully saturated rings. The molecule has 3 amide bonds. The highest BCUT2D eigenvalue weighted by molar-refractivity contribution is 5.68. The fourth-order valence-electron chi connectivity index (χ4n) is 7.77. The fraction of sp³-hybridized carbons (Fsp3) is 0.927. The zero-order valence-corrected chi connectivity index (χ0v) is 38.3. The van der Waals surface area contributed by atoms with Crippen LogP contribution in [0.3, 0.4) is 0 Å². The van der Waals surface area contributed by atoms with E-state index in [4.69, 9.17) is 42.6 Å². The molecule has 3 aliphatic heterocycles. The molecule has 1 saturated carbocycles. The van der Waals surface area contributed by atoms with Crippen molar-refractivity contribution < 1.29 is 92.8 Å². The van der Waals surface area contributed by atoms with Gasteiger partial charge in [0, 0.05) is 24.9 Å². The van der Waals surface area contributed by atoms with Crippen LogP contribution in [0.25, 0.3) is 0 Å². The van der Waals surface area contributed by atoms with E-state index in [-0.39, 0.29) is 19.5 Å². The first-order chi connectivity index (χ1) is 29.0. The van der Waals surface area contributed by atoms with E-state index in [1.807, 2.05) is 0 Å². The zero-order valence-electron chi connectivity index (χ0n) is 38.3. The molecule has 4 rings (SSSR count). The Labute approximate surface area is 368 Å². The summed E-state index contributed by atoms with van der Waals surface area (Å²) in [5, 5.41) is 85.4. The van der Waals surface area contributed by atoms with Crippen LogP contribution in [0, 0.1) is 17.8 Å². The van der Waals surface area contributed by atoms with Gasteiger partial charge in [-0.05, 0) is 74.7 Å². The molecule has 0 radical (unpaired) electrons. The van der Waals surface area contributed by atoms with Crippen molar-refractivity contribution in [2.24, 2.45) is 17.8 Å². The minimum Gasteiger partial charge on any atom is -0.444 e. The first-order valence-electron chi connectivity index (χ1n) is 21.6. The number of aliphatic hydroxyl groups is 7. The van der Waals surface area contributed by atoms with Crippen LogP contribution in [0.2, 0.25) is 0 Å². The Balaban J connectivity index is 1.56. The Bertz CT molecular complexity index is 1510. The van der Waals surface area contributed by atoms with Crippen molar-refractivity contribution in [2.75, 3.05) is 19.7 Å². The number of ether oxygens (including phenoxy) is 9. The predicted octanol–water partition coefficient (Wildman–Crippen LogP) is -0.271. The van der Waals surface area contributed by atoms with Crippen LogP contribution in [0.1, 0.15) is 89.5 Å². The Morgan fingerprint density at radius 2 is 0.921 bits per heavy atom. The van der Waals surface area contributed by atoms with Gasteiger partial charge < -0.3 is 94.3 Å². The molecule has 63 heavy (non-hydrogen) atoms. The molecule has 3 heterocycles. The van der Waals surface area contributed by atoms with Gasteiger partial charge in [0.2, 0.25) is 0 Å². The summed E-state index contributed by atoms with van der Waals surface area (Å²) in [6.45, 7) is 18.7. The Hall–Kier alpha value is -2.71. The van der Waals surface area contributed by atoms with Crippen LogP contribution in [0.4, 0.5) is 14.4 Å². The van der Waals surface area contributed by atoms with Gasteiger partial charge in [-0.2, -0.15) is 0 Å². The van der Waals surface area contributed by atoms with Crippen molar-refractivity contribution >= 4 is 18.3 Å². The maximum Gasteiger partial charge on any atom is 0.407 e. The molecular formula is C41H73N3O19. The van der Waals surface area contributed by atoms with Gasteiger partial charge in [-0.1, -0.05) is 20.8 Å². The number of carbonyl (C=O) groups is 3. The van der Waals surface area contributed by atoms with E-state index in [1.54, 1.807) is 76.2 Å². The fourth-order valence-corrected chi connectivity index (χ4v) is 7.77. The second-order valence-electron chi connectivity index (χ2n) is 20.0. The SMILES string of the molecule is CC1[C@@H](O[C@@H]2C(C)C[C@@H](NC(=O)OC(C)(C)C)C(O)[C@H]2O[C@@H]2O[C@H](CO)C(OC3OC(CNC(=O)OC(C)(C)C)[C@@H](O)C(O)[C@H]3C)[C@@H]2O)OC(CNC(=O)OC(C)(C)C)[C@@H](O)[C@@H]1O. The summed E-state index contributed by atoms with van der Waals surface area (Å²) < 4.78 is 52.9.